The summed E-state index contributed by atoms with van der Waals surface area (Å²) in [6, 6.07) is 14.5. The van der Waals surface area contributed by atoms with Gasteiger partial charge < -0.3 is 0 Å². The van der Waals surface area contributed by atoms with Crippen LogP contribution in [-0.4, -0.2) is 11.4 Å². The van der Waals surface area contributed by atoms with Gasteiger partial charge in [-0.3, -0.25) is 9.98 Å². The molecule has 0 aliphatic rings. The second-order valence-electron chi connectivity index (χ2n) is 14.2. The average Bonchev–Trinajstić information content (AvgIpc) is 3.06. The van der Waals surface area contributed by atoms with Crippen LogP contribution >= 0.6 is 0 Å². The third-order valence-corrected chi connectivity index (χ3v) is 9.50. The normalized spacial score (nSPS) is 12.3. The molecule has 0 bridgehead atoms. The maximum atomic E-state index is 5.56. The van der Waals surface area contributed by atoms with E-state index in [0.29, 0.717) is 0 Å². The van der Waals surface area contributed by atoms with Gasteiger partial charge in [0.1, 0.15) is 0 Å². The van der Waals surface area contributed by atoms with Gasteiger partial charge in [-0.1, -0.05) is 137 Å². The van der Waals surface area contributed by atoms with E-state index in [4.69, 9.17) is 9.98 Å². The minimum Gasteiger partial charge on any atom is -0.252 e. The van der Waals surface area contributed by atoms with Gasteiger partial charge in [-0.05, 0) is 124 Å². The van der Waals surface area contributed by atoms with Gasteiger partial charge in [0.05, 0.1) is 22.8 Å². The molecule has 264 valence electrons. The Morgan fingerprint density at radius 2 is 0.617 bits per heavy atom. The molecule has 47 heavy (non-hydrogen) atoms. The predicted molar refractivity (Wildman–Crippen MR) is 213 cm³/mol. The number of aliphatic imine (C=N–C) groups is 2. The molecule has 0 unspecified atom stereocenters. The molecule has 0 heterocycles. The highest BCUT2D eigenvalue weighted by molar-refractivity contribution is 6.43. The first-order valence-electron chi connectivity index (χ1n) is 20.5. The van der Waals surface area contributed by atoms with E-state index in [1.165, 1.54) is 156 Å². The van der Waals surface area contributed by atoms with Gasteiger partial charge in [0.25, 0.3) is 0 Å². The first-order chi connectivity index (χ1) is 23.1. The number of benzene rings is 2. The summed E-state index contributed by atoms with van der Waals surface area (Å²) in [6.45, 7) is 13.8. The van der Waals surface area contributed by atoms with E-state index >= 15 is 0 Å². The molecule has 0 atom stereocenters. The van der Waals surface area contributed by atoms with Crippen molar-refractivity contribution in [2.75, 3.05) is 0 Å². The minimum atomic E-state index is 1.02. The summed E-state index contributed by atoms with van der Waals surface area (Å²) in [7, 11) is 0. The number of hydrogen-bond donors (Lipinski definition) is 0. The first kappa shape index (κ1) is 41.0. The van der Waals surface area contributed by atoms with Crippen LogP contribution in [0.15, 0.2) is 46.4 Å². The van der Waals surface area contributed by atoms with E-state index in [1.807, 2.05) is 0 Å². The highest BCUT2D eigenvalue weighted by Gasteiger charge is 2.13. The third kappa shape index (κ3) is 18.2. The number of unbranched alkanes of at least 4 members (excludes halogenated alkanes) is 13. The molecule has 0 radical (unpaired) electrons. The molecule has 0 aliphatic carbocycles. The fourth-order valence-corrected chi connectivity index (χ4v) is 6.61. The molecule has 2 aromatic rings. The Balaban J connectivity index is 2.62. The lowest BCUT2D eigenvalue weighted by molar-refractivity contribution is 0.683. The van der Waals surface area contributed by atoms with Crippen molar-refractivity contribution in [3.05, 3.63) is 58.7 Å². The predicted octanol–water partition coefficient (Wildman–Crippen LogP) is 15.0. The molecule has 0 saturated carbocycles. The average molecular weight is 643 g/mol. The monoisotopic (exact) mass is 643 g/mol. The van der Waals surface area contributed by atoms with Crippen molar-refractivity contribution in [1.29, 1.82) is 0 Å². The van der Waals surface area contributed by atoms with Crippen molar-refractivity contribution in [3.8, 4) is 0 Å². The maximum Gasteiger partial charge on any atom is 0.0639 e. The van der Waals surface area contributed by atoms with Crippen LogP contribution in [0, 0.1) is 0 Å². The standard InChI is InChI=1S/C45H74N2/c1-7-13-19-25-31-45(47-43-36-40(28-22-16-10-4)33-41(37-43)29-23-17-11-5)44(30-24-18-12-6)46-42-34-38(26-20-14-8-2)32-39(35-42)27-21-15-9-3/h32-37H,7-31H2,1-6H3. The molecule has 2 nitrogen and oxygen atoms in total. The lowest BCUT2D eigenvalue weighted by Crippen LogP contribution is -2.14. The van der Waals surface area contributed by atoms with E-state index in [1.54, 1.807) is 0 Å². The SMILES string of the molecule is CCCCCCC(=Nc1cc(CCCCC)cc(CCCCC)c1)C(CCCCC)=Nc1cc(CCCCC)cc(CCCCC)c1. The van der Waals surface area contributed by atoms with Crippen LogP contribution < -0.4 is 0 Å². The van der Waals surface area contributed by atoms with Crippen molar-refractivity contribution in [2.45, 2.75) is 202 Å². The van der Waals surface area contributed by atoms with Gasteiger partial charge >= 0.3 is 0 Å². The highest BCUT2D eigenvalue weighted by atomic mass is 14.8. The topological polar surface area (TPSA) is 24.7 Å². The van der Waals surface area contributed by atoms with Crippen LogP contribution in [0.25, 0.3) is 0 Å². The Kier molecular flexibility index (Phi) is 23.3. The summed E-state index contributed by atoms with van der Waals surface area (Å²) in [5.74, 6) is 0. The second kappa shape index (κ2) is 26.7. The van der Waals surface area contributed by atoms with Gasteiger partial charge in [-0.2, -0.15) is 0 Å². The fourth-order valence-electron chi connectivity index (χ4n) is 6.61. The summed E-state index contributed by atoms with van der Waals surface area (Å²) in [4.78, 5) is 11.1. The molecule has 0 aromatic heterocycles. The molecule has 0 amide bonds. The van der Waals surface area contributed by atoms with Crippen molar-refractivity contribution in [3.63, 3.8) is 0 Å². The van der Waals surface area contributed by atoms with E-state index in [2.05, 4.69) is 77.9 Å². The van der Waals surface area contributed by atoms with E-state index in [9.17, 15) is 0 Å². The first-order valence-corrected chi connectivity index (χ1v) is 20.5. The Hall–Kier alpha value is -2.22. The second-order valence-corrected chi connectivity index (χ2v) is 14.2. The van der Waals surface area contributed by atoms with Crippen LogP contribution in [0.5, 0.6) is 0 Å². The summed E-state index contributed by atoms with van der Waals surface area (Å²) >= 11 is 0. The number of aryl methyl sites for hydroxylation is 4. The number of rotatable bonds is 28. The molecule has 0 N–H and O–H groups in total. The van der Waals surface area contributed by atoms with Crippen LogP contribution in [0.3, 0.4) is 0 Å². The zero-order valence-corrected chi connectivity index (χ0v) is 32.0. The molecule has 0 spiro atoms. The highest BCUT2D eigenvalue weighted by Crippen LogP contribution is 2.26. The Labute approximate surface area is 292 Å². The minimum absolute atomic E-state index is 1.02. The van der Waals surface area contributed by atoms with Crippen molar-refractivity contribution < 1.29 is 0 Å². The van der Waals surface area contributed by atoms with Crippen molar-refractivity contribution in [2.24, 2.45) is 9.98 Å². The summed E-state index contributed by atoms with van der Waals surface area (Å²) in [6.07, 6.45) is 30.7. The largest absolute Gasteiger partial charge is 0.252 e. The van der Waals surface area contributed by atoms with Gasteiger partial charge in [0.15, 0.2) is 0 Å². The van der Waals surface area contributed by atoms with Crippen LogP contribution in [-0.2, 0) is 25.7 Å². The lowest BCUT2D eigenvalue weighted by atomic mass is 9.98. The van der Waals surface area contributed by atoms with Gasteiger partial charge in [0, 0.05) is 0 Å². The van der Waals surface area contributed by atoms with E-state index in [0.717, 1.165) is 49.9 Å². The summed E-state index contributed by atoms with van der Waals surface area (Å²) in [5, 5.41) is 0. The van der Waals surface area contributed by atoms with Gasteiger partial charge in [0.2, 0.25) is 0 Å². The van der Waals surface area contributed by atoms with Gasteiger partial charge in [-0.15, -0.1) is 0 Å². The number of nitrogens with zero attached hydrogens (tertiary/aromatic N) is 2. The molecule has 2 heteroatoms. The molecule has 0 fully saturated rings. The molecule has 0 aliphatic heterocycles. The van der Waals surface area contributed by atoms with E-state index < -0.39 is 0 Å². The lowest BCUT2D eigenvalue weighted by Gasteiger charge is -2.14. The fraction of sp³-hybridized carbons (Fsp3) is 0.689. The Bertz CT molecular complexity index is 1080. The smallest absolute Gasteiger partial charge is 0.0639 e. The van der Waals surface area contributed by atoms with Crippen molar-refractivity contribution in [1.82, 2.24) is 0 Å². The maximum absolute atomic E-state index is 5.56. The van der Waals surface area contributed by atoms with Crippen LogP contribution in [0.4, 0.5) is 11.4 Å². The Morgan fingerprint density at radius 3 is 0.936 bits per heavy atom. The third-order valence-electron chi connectivity index (χ3n) is 9.50. The summed E-state index contributed by atoms with van der Waals surface area (Å²) in [5.41, 5.74) is 10.7. The molecule has 2 rings (SSSR count). The van der Waals surface area contributed by atoms with Gasteiger partial charge in [-0.25, -0.2) is 0 Å². The summed E-state index contributed by atoms with van der Waals surface area (Å²) < 4.78 is 0. The molecule has 0 saturated heterocycles. The van der Waals surface area contributed by atoms with Crippen LogP contribution in [0.2, 0.25) is 0 Å². The zero-order valence-electron chi connectivity index (χ0n) is 32.0. The van der Waals surface area contributed by atoms with Crippen molar-refractivity contribution >= 4 is 22.8 Å². The molecular weight excluding hydrogens is 569 g/mol. The molecule has 2 aromatic carbocycles. The Morgan fingerprint density at radius 1 is 0.340 bits per heavy atom. The zero-order chi connectivity index (χ0) is 34.0. The molecular formula is C45H74N2. The van der Waals surface area contributed by atoms with E-state index in [-0.39, 0.29) is 0 Å². The number of hydrogen-bond acceptors (Lipinski definition) is 2. The van der Waals surface area contributed by atoms with Crippen LogP contribution in [0.1, 0.15) is 199 Å². The quantitative estimate of drug-likeness (QED) is 0.0652.